The fraction of sp³-hybridized carbons (Fsp3) is 0.500. The number of nitro groups is 1. The molecule has 0 aliphatic carbocycles. The smallest absolute Gasteiger partial charge is 0.194 e. The summed E-state index contributed by atoms with van der Waals surface area (Å²) in [6, 6.07) is 0. The van der Waals surface area contributed by atoms with Crippen LogP contribution in [0.4, 0.5) is 0 Å². The normalized spacial score (nSPS) is 4.89. The van der Waals surface area contributed by atoms with Crippen molar-refractivity contribution in [1.29, 1.82) is 0 Å². The van der Waals surface area contributed by atoms with E-state index in [1.165, 1.54) is 5.54 Å². The minimum absolute atomic E-state index is 0.500. The number of nitrogens with zero attached hydrogens (tertiary/aromatic N) is 1. The second kappa shape index (κ2) is 26.3. The van der Waals surface area contributed by atoms with Gasteiger partial charge in [-0.15, -0.1) is 0 Å². The van der Waals surface area contributed by atoms with Gasteiger partial charge in [-0.3, -0.25) is 10.1 Å². The van der Waals surface area contributed by atoms with Crippen LogP contribution < -0.4 is 0 Å². The van der Waals surface area contributed by atoms with Crippen LogP contribution in [0.5, 0.6) is 0 Å². The molecule has 9 heavy (non-hydrogen) atoms. The van der Waals surface area contributed by atoms with E-state index >= 15 is 0 Å². The largest absolute Gasteiger partial charge is 0.400 e. The first kappa shape index (κ1) is 15.8. The molecule has 0 fully saturated rings. The van der Waals surface area contributed by atoms with E-state index in [2.05, 4.69) is 6.58 Å². The Labute approximate surface area is 58.9 Å². The van der Waals surface area contributed by atoms with Crippen molar-refractivity contribution in [3.63, 3.8) is 0 Å². The maximum Gasteiger partial charge on any atom is 0.194 e. The average molecular weight is 156 g/mol. The van der Waals surface area contributed by atoms with Gasteiger partial charge in [-0.2, -0.15) is 0 Å². The van der Waals surface area contributed by atoms with E-state index in [-0.39, 0.29) is 0 Å². The summed E-state index contributed by atoms with van der Waals surface area (Å²) in [7, 11) is 1.89. The molecule has 0 amide bonds. The fourth-order valence-corrected chi connectivity index (χ4v) is 0. The molecule has 5 heteroatoms. The van der Waals surface area contributed by atoms with E-state index in [9.17, 15) is 0 Å². The molecule has 0 aromatic heterocycles. The highest BCUT2D eigenvalue weighted by atomic mass is 35.5. The summed E-state index contributed by atoms with van der Waals surface area (Å²) < 4.78 is 0. The Morgan fingerprint density at radius 3 is 1.78 bits per heavy atom. The molecule has 0 unspecified atom stereocenters. The first-order valence-corrected chi connectivity index (χ1v) is 2.32. The Hall–Kier alpha value is -0.610. The van der Waals surface area contributed by atoms with E-state index in [1.54, 1.807) is 0 Å². The number of hydrogen-bond donors (Lipinski definition) is 1. The second-order valence-electron chi connectivity index (χ2n) is 0.594. The van der Waals surface area contributed by atoms with E-state index in [1.807, 2.05) is 0 Å². The lowest BCUT2D eigenvalue weighted by molar-refractivity contribution is -0.445. The maximum absolute atomic E-state index is 8.81. The van der Waals surface area contributed by atoms with Gasteiger partial charge in [0.05, 0.1) is 0 Å². The minimum atomic E-state index is -0.500. The predicted molar refractivity (Wildman–Crippen MR) is 37.1 cm³/mol. The van der Waals surface area contributed by atoms with Gasteiger partial charge in [-0.25, -0.2) is 0 Å². The molecule has 0 atom stereocenters. The topological polar surface area (TPSA) is 63.4 Å². The number of rotatable bonds is 0. The van der Waals surface area contributed by atoms with Gasteiger partial charge in [0.15, 0.2) is 7.05 Å². The average Bonchev–Trinajstić information content (AvgIpc) is 1.71. The lowest BCUT2D eigenvalue weighted by Crippen LogP contribution is -1.79. The van der Waals surface area contributed by atoms with Crippen molar-refractivity contribution >= 4 is 11.6 Å². The zero-order valence-corrected chi connectivity index (χ0v) is 6.13. The molecule has 4 nitrogen and oxygen atoms in total. The van der Waals surface area contributed by atoms with Crippen molar-refractivity contribution in [2.24, 2.45) is 0 Å². The van der Waals surface area contributed by atoms with E-state index in [4.69, 9.17) is 26.8 Å². The molecule has 0 aliphatic heterocycles. The van der Waals surface area contributed by atoms with Crippen LogP contribution in [0, 0.1) is 10.1 Å². The van der Waals surface area contributed by atoms with Crippen molar-refractivity contribution in [2.45, 2.75) is 0 Å². The Bertz CT molecular complexity index is 62.8. The predicted octanol–water partition coefficient (Wildman–Crippen LogP) is 0.870. The van der Waals surface area contributed by atoms with Crippen molar-refractivity contribution in [3.8, 4) is 0 Å². The summed E-state index contributed by atoms with van der Waals surface area (Å²) in [6.07, 6.45) is 0. The molecule has 0 heterocycles. The third-order valence-electron chi connectivity index (χ3n) is 0. The molecule has 0 saturated carbocycles. The summed E-state index contributed by atoms with van der Waals surface area (Å²) in [5.74, 6) is 0. The lowest BCUT2D eigenvalue weighted by atomic mass is 11.3. The Kier molecular flexibility index (Phi) is 46.0. The van der Waals surface area contributed by atoms with Crippen LogP contribution >= 0.6 is 11.6 Å². The minimum Gasteiger partial charge on any atom is -0.400 e. The highest BCUT2D eigenvalue weighted by molar-refractivity contribution is 6.25. The molecule has 0 rings (SSSR count). The van der Waals surface area contributed by atoms with Crippen LogP contribution in [0.1, 0.15) is 0 Å². The zero-order chi connectivity index (χ0) is 8.28. The molecule has 0 aromatic carbocycles. The molecule has 1 N–H and O–H groups in total. The summed E-state index contributed by atoms with van der Waals surface area (Å²) in [6.45, 7) is 3.13. The summed E-state index contributed by atoms with van der Waals surface area (Å²) in [5.41, 5.74) is 1.22. The first-order chi connectivity index (χ1) is 4.15. The lowest BCUT2D eigenvalue weighted by Gasteiger charge is -1.63. The van der Waals surface area contributed by atoms with Gasteiger partial charge in [0.1, 0.15) is 0 Å². The Morgan fingerprint density at radius 1 is 1.78 bits per heavy atom. The molecule has 0 aromatic rings. The van der Waals surface area contributed by atoms with Crippen LogP contribution in [0.25, 0.3) is 0 Å². The van der Waals surface area contributed by atoms with Gasteiger partial charge in [-0.1, -0.05) is 18.2 Å². The van der Waals surface area contributed by atoms with Crippen molar-refractivity contribution < 1.29 is 10.0 Å². The van der Waals surface area contributed by atoms with Crippen molar-refractivity contribution in [2.75, 3.05) is 14.2 Å². The monoisotopic (exact) mass is 155 g/mol. The number of halogens is 1. The second-order valence-corrected chi connectivity index (χ2v) is 0.903. The standard InChI is InChI=1S/C2H3Cl.CH3NO2.CH4O/c1-2-3;1-2(3)4;1-2/h2H,1H2;1H3;2H,1H3. The number of aliphatic hydroxyl groups is 1. The Morgan fingerprint density at radius 2 is 1.78 bits per heavy atom. The van der Waals surface area contributed by atoms with Gasteiger partial charge >= 0.3 is 0 Å². The third kappa shape index (κ3) is 577. The fourth-order valence-electron chi connectivity index (χ4n) is 0. The molecular formula is C4H10ClNO3. The number of aliphatic hydroxyl groups excluding tert-OH is 1. The molecule has 0 saturated heterocycles. The van der Waals surface area contributed by atoms with Crippen LogP contribution in [-0.4, -0.2) is 24.2 Å². The number of hydrogen-bond acceptors (Lipinski definition) is 3. The molecule has 0 radical (unpaired) electrons. The van der Waals surface area contributed by atoms with Crippen LogP contribution in [0.2, 0.25) is 0 Å². The summed E-state index contributed by atoms with van der Waals surface area (Å²) in [5, 5.41) is 15.8. The van der Waals surface area contributed by atoms with E-state index < -0.39 is 4.92 Å². The van der Waals surface area contributed by atoms with Gasteiger partial charge in [0.2, 0.25) is 0 Å². The van der Waals surface area contributed by atoms with Crippen molar-refractivity contribution in [3.05, 3.63) is 22.2 Å². The highest BCUT2D eigenvalue weighted by Gasteiger charge is 1.57. The van der Waals surface area contributed by atoms with Crippen LogP contribution in [0.3, 0.4) is 0 Å². The van der Waals surface area contributed by atoms with E-state index in [0.29, 0.717) is 0 Å². The molecule has 0 bridgehead atoms. The van der Waals surface area contributed by atoms with Crippen LogP contribution in [0.15, 0.2) is 12.1 Å². The Balaban J connectivity index is -0.0000000646. The highest BCUT2D eigenvalue weighted by Crippen LogP contribution is 1.60. The molecule has 0 spiro atoms. The van der Waals surface area contributed by atoms with Gasteiger partial charge in [0.25, 0.3) is 0 Å². The summed E-state index contributed by atoms with van der Waals surface area (Å²) >= 11 is 4.76. The first-order valence-electron chi connectivity index (χ1n) is 1.89. The maximum atomic E-state index is 8.81. The van der Waals surface area contributed by atoms with Gasteiger partial charge in [0, 0.05) is 12.0 Å². The van der Waals surface area contributed by atoms with Gasteiger partial charge < -0.3 is 5.11 Å². The van der Waals surface area contributed by atoms with Crippen molar-refractivity contribution in [1.82, 2.24) is 0 Å². The van der Waals surface area contributed by atoms with Gasteiger partial charge in [-0.05, 0) is 5.54 Å². The summed E-state index contributed by atoms with van der Waals surface area (Å²) in [4.78, 5) is 8.31. The van der Waals surface area contributed by atoms with E-state index in [0.717, 1.165) is 14.2 Å². The quantitative estimate of drug-likeness (QED) is 0.417. The SMILES string of the molecule is C=CCl.CO.C[N+](=O)[O-]. The molecular weight excluding hydrogens is 146 g/mol. The molecule has 56 valence electrons. The zero-order valence-electron chi connectivity index (χ0n) is 5.37. The van der Waals surface area contributed by atoms with Crippen LogP contribution in [-0.2, 0) is 0 Å². The third-order valence-corrected chi connectivity index (χ3v) is 0. The molecule has 0 aliphatic rings.